The molecule has 0 N–H and O–H groups in total. The molecule has 3 saturated carbocycles. The van der Waals surface area contributed by atoms with Crippen molar-refractivity contribution in [1.29, 1.82) is 0 Å². The maximum Gasteiger partial charge on any atom is 0.312 e. The first-order chi connectivity index (χ1) is 15.4. The number of esters is 4. The maximum absolute atomic E-state index is 12.9. The quantitative estimate of drug-likeness (QED) is 0.446. The summed E-state index contributed by atoms with van der Waals surface area (Å²) in [5.74, 6) is -2.94. The van der Waals surface area contributed by atoms with E-state index in [1.807, 2.05) is 0 Å². The summed E-state index contributed by atoms with van der Waals surface area (Å²) in [7, 11) is 2.70. The van der Waals surface area contributed by atoms with Crippen molar-refractivity contribution in [2.75, 3.05) is 14.2 Å². The number of methoxy groups -OCH3 is 2. The third kappa shape index (κ3) is 6.01. The third-order valence-electron chi connectivity index (χ3n) is 7.29. The normalized spacial score (nSPS) is 32.9. The minimum absolute atomic E-state index is 0.333. The second-order valence-corrected chi connectivity index (χ2v) is 9.34. The first-order valence-electron chi connectivity index (χ1n) is 12.0. The minimum atomic E-state index is -0.459. The summed E-state index contributed by atoms with van der Waals surface area (Å²) in [4.78, 5) is 49.9. The summed E-state index contributed by atoms with van der Waals surface area (Å²) in [6, 6.07) is 0. The van der Waals surface area contributed by atoms with Gasteiger partial charge in [0.2, 0.25) is 0 Å². The molecule has 3 aliphatic carbocycles. The topological polar surface area (TPSA) is 105 Å². The van der Waals surface area contributed by atoms with E-state index in [9.17, 15) is 19.2 Å². The lowest BCUT2D eigenvalue weighted by atomic mass is 9.80. The number of rotatable bonds is 6. The van der Waals surface area contributed by atoms with Crippen LogP contribution in [-0.2, 0) is 38.1 Å². The molecular weight excluding hydrogens is 416 g/mol. The van der Waals surface area contributed by atoms with Crippen molar-refractivity contribution in [2.24, 2.45) is 23.7 Å². The molecule has 0 aromatic rings. The van der Waals surface area contributed by atoms with Crippen molar-refractivity contribution in [1.82, 2.24) is 0 Å². The van der Waals surface area contributed by atoms with Gasteiger partial charge in [0, 0.05) is 0 Å². The van der Waals surface area contributed by atoms with E-state index in [0.717, 1.165) is 32.1 Å². The minimum Gasteiger partial charge on any atom is -0.469 e. The molecule has 32 heavy (non-hydrogen) atoms. The molecular formula is C24H36O8. The van der Waals surface area contributed by atoms with E-state index in [1.54, 1.807) is 0 Å². The van der Waals surface area contributed by atoms with Crippen molar-refractivity contribution >= 4 is 23.9 Å². The SMILES string of the molecule is COC(=O)C1CCCCC1OC(=O)C1CCCC(C(=O)OC2CCCCC2C(=O)OC)C1. The Morgan fingerprint density at radius 3 is 1.34 bits per heavy atom. The zero-order chi connectivity index (χ0) is 23.1. The van der Waals surface area contributed by atoms with Crippen LogP contribution >= 0.6 is 0 Å². The Morgan fingerprint density at radius 1 is 0.531 bits per heavy atom. The first kappa shape index (κ1) is 24.5. The van der Waals surface area contributed by atoms with Crippen LogP contribution in [0.5, 0.6) is 0 Å². The molecule has 0 amide bonds. The Bertz CT molecular complexity index is 633. The Labute approximate surface area is 189 Å². The van der Waals surface area contributed by atoms with E-state index in [-0.39, 0.29) is 35.7 Å². The number of hydrogen-bond acceptors (Lipinski definition) is 8. The zero-order valence-electron chi connectivity index (χ0n) is 19.2. The maximum atomic E-state index is 12.9. The van der Waals surface area contributed by atoms with Crippen LogP contribution in [0.3, 0.4) is 0 Å². The fourth-order valence-corrected chi connectivity index (χ4v) is 5.43. The molecule has 180 valence electrons. The summed E-state index contributed by atoms with van der Waals surface area (Å²) in [6.45, 7) is 0. The van der Waals surface area contributed by atoms with Crippen LogP contribution < -0.4 is 0 Å². The largest absolute Gasteiger partial charge is 0.469 e. The van der Waals surface area contributed by atoms with Gasteiger partial charge >= 0.3 is 23.9 Å². The van der Waals surface area contributed by atoms with Crippen LogP contribution in [-0.4, -0.2) is 50.3 Å². The highest BCUT2D eigenvalue weighted by atomic mass is 16.6. The zero-order valence-corrected chi connectivity index (χ0v) is 19.2. The second kappa shape index (κ2) is 11.7. The van der Waals surface area contributed by atoms with Gasteiger partial charge in [-0.2, -0.15) is 0 Å². The average Bonchev–Trinajstić information content (AvgIpc) is 2.83. The Balaban J connectivity index is 1.55. The molecule has 3 aliphatic rings. The van der Waals surface area contributed by atoms with Gasteiger partial charge in [-0.15, -0.1) is 0 Å². The van der Waals surface area contributed by atoms with Crippen molar-refractivity contribution in [3.8, 4) is 0 Å². The predicted octanol–water partition coefficient (Wildman–Crippen LogP) is 3.34. The van der Waals surface area contributed by atoms with E-state index < -0.39 is 24.0 Å². The standard InChI is InChI=1S/C24H36O8/c1-29-23(27)17-10-3-5-12-19(17)31-21(25)15-8-7-9-16(14-15)22(26)32-20-13-6-4-11-18(20)24(28)30-2/h15-20H,3-14H2,1-2H3. The van der Waals surface area contributed by atoms with Crippen molar-refractivity contribution in [3.05, 3.63) is 0 Å². The summed E-state index contributed by atoms with van der Waals surface area (Å²) < 4.78 is 21.3. The summed E-state index contributed by atoms with van der Waals surface area (Å²) in [6.07, 6.45) is 7.79. The van der Waals surface area contributed by atoms with Crippen LogP contribution in [0.4, 0.5) is 0 Å². The van der Waals surface area contributed by atoms with Crippen LogP contribution in [0.1, 0.15) is 77.0 Å². The van der Waals surface area contributed by atoms with Gasteiger partial charge in [-0.1, -0.05) is 19.3 Å². The number of ether oxygens (including phenoxy) is 4. The molecule has 0 heterocycles. The van der Waals surface area contributed by atoms with E-state index in [0.29, 0.717) is 44.9 Å². The van der Waals surface area contributed by atoms with E-state index >= 15 is 0 Å². The molecule has 0 bridgehead atoms. The van der Waals surface area contributed by atoms with Gasteiger partial charge in [0.1, 0.15) is 12.2 Å². The summed E-state index contributed by atoms with van der Waals surface area (Å²) >= 11 is 0. The Morgan fingerprint density at radius 2 is 0.938 bits per heavy atom. The van der Waals surface area contributed by atoms with E-state index in [1.165, 1.54) is 14.2 Å². The molecule has 0 spiro atoms. The summed E-state index contributed by atoms with van der Waals surface area (Å²) in [5.41, 5.74) is 0. The monoisotopic (exact) mass is 452 g/mol. The van der Waals surface area contributed by atoms with Gasteiger partial charge in [0.15, 0.2) is 0 Å². The van der Waals surface area contributed by atoms with Gasteiger partial charge in [-0.3, -0.25) is 19.2 Å². The molecule has 8 nitrogen and oxygen atoms in total. The van der Waals surface area contributed by atoms with Crippen molar-refractivity contribution in [3.63, 3.8) is 0 Å². The lowest BCUT2D eigenvalue weighted by Crippen LogP contribution is -2.40. The van der Waals surface area contributed by atoms with Crippen molar-refractivity contribution < 1.29 is 38.1 Å². The van der Waals surface area contributed by atoms with Crippen LogP contribution in [0, 0.1) is 23.7 Å². The Hall–Kier alpha value is -2.12. The molecule has 8 heteroatoms. The Kier molecular flexibility index (Phi) is 8.93. The van der Waals surface area contributed by atoms with Crippen LogP contribution in [0.2, 0.25) is 0 Å². The predicted molar refractivity (Wildman–Crippen MR) is 113 cm³/mol. The van der Waals surface area contributed by atoms with Gasteiger partial charge in [-0.25, -0.2) is 0 Å². The molecule has 0 radical (unpaired) electrons. The number of carbonyl (C=O) groups is 4. The van der Waals surface area contributed by atoms with E-state index in [2.05, 4.69) is 0 Å². The fraction of sp³-hybridized carbons (Fsp3) is 0.833. The van der Waals surface area contributed by atoms with Crippen molar-refractivity contribution in [2.45, 2.75) is 89.3 Å². The summed E-state index contributed by atoms with van der Waals surface area (Å²) in [5, 5.41) is 0. The van der Waals surface area contributed by atoms with Gasteiger partial charge < -0.3 is 18.9 Å². The average molecular weight is 453 g/mol. The molecule has 6 atom stereocenters. The highest BCUT2D eigenvalue weighted by Gasteiger charge is 2.40. The molecule has 0 saturated heterocycles. The molecule has 0 aromatic carbocycles. The first-order valence-corrected chi connectivity index (χ1v) is 12.0. The lowest BCUT2D eigenvalue weighted by Gasteiger charge is -2.33. The van der Waals surface area contributed by atoms with Crippen LogP contribution in [0.15, 0.2) is 0 Å². The van der Waals surface area contributed by atoms with Gasteiger partial charge in [0.05, 0.1) is 37.9 Å². The smallest absolute Gasteiger partial charge is 0.312 e. The molecule has 3 rings (SSSR count). The van der Waals surface area contributed by atoms with Gasteiger partial charge in [0.25, 0.3) is 0 Å². The van der Waals surface area contributed by atoms with Gasteiger partial charge in [-0.05, 0) is 57.8 Å². The number of hydrogen-bond donors (Lipinski definition) is 0. The molecule has 0 aromatic heterocycles. The van der Waals surface area contributed by atoms with Crippen LogP contribution in [0.25, 0.3) is 0 Å². The molecule has 6 unspecified atom stereocenters. The second-order valence-electron chi connectivity index (χ2n) is 9.34. The third-order valence-corrected chi connectivity index (χ3v) is 7.29. The van der Waals surface area contributed by atoms with E-state index in [4.69, 9.17) is 18.9 Å². The lowest BCUT2D eigenvalue weighted by molar-refractivity contribution is -0.170. The highest BCUT2D eigenvalue weighted by Crippen LogP contribution is 2.35. The fourth-order valence-electron chi connectivity index (χ4n) is 5.43. The highest BCUT2D eigenvalue weighted by molar-refractivity contribution is 5.78. The molecule has 3 fully saturated rings. The number of carbonyl (C=O) groups excluding carboxylic acids is 4. The molecule has 0 aliphatic heterocycles.